The maximum atomic E-state index is 12.1. The molecule has 1 aromatic heterocycles. The van der Waals surface area contributed by atoms with Gasteiger partial charge in [-0.2, -0.15) is 0 Å². The van der Waals surface area contributed by atoms with Crippen molar-refractivity contribution in [3.05, 3.63) is 53.6 Å². The quantitative estimate of drug-likeness (QED) is 0.692. The fraction of sp³-hybridized carbons (Fsp3) is 0.222. The van der Waals surface area contributed by atoms with E-state index < -0.39 is 0 Å². The molecule has 0 bridgehead atoms. The lowest BCUT2D eigenvalue weighted by atomic mass is 10.1. The highest BCUT2D eigenvalue weighted by molar-refractivity contribution is 7.99. The van der Waals surface area contributed by atoms with Crippen LogP contribution in [0.4, 0.5) is 5.69 Å². The van der Waals surface area contributed by atoms with Crippen LogP contribution in [0.15, 0.2) is 47.6 Å². The zero-order valence-corrected chi connectivity index (χ0v) is 14.0. The number of anilines is 1. The summed E-state index contributed by atoms with van der Waals surface area (Å²) in [6.45, 7) is 4.14. The Morgan fingerprint density at radius 2 is 2.13 bits per heavy atom. The van der Waals surface area contributed by atoms with Gasteiger partial charge in [-0.1, -0.05) is 36.9 Å². The van der Waals surface area contributed by atoms with E-state index in [1.807, 2.05) is 37.3 Å². The number of hydrogen-bond acceptors (Lipinski definition) is 3. The van der Waals surface area contributed by atoms with Crippen molar-refractivity contribution in [2.45, 2.75) is 25.4 Å². The van der Waals surface area contributed by atoms with Crippen LogP contribution in [-0.2, 0) is 11.2 Å². The van der Waals surface area contributed by atoms with E-state index in [1.165, 1.54) is 22.9 Å². The van der Waals surface area contributed by atoms with Gasteiger partial charge in [0.05, 0.1) is 16.8 Å². The summed E-state index contributed by atoms with van der Waals surface area (Å²) in [5, 5.41) is 3.70. The Kier molecular flexibility index (Phi) is 4.67. The molecule has 118 valence electrons. The molecule has 0 fully saturated rings. The fourth-order valence-corrected chi connectivity index (χ4v) is 3.05. The number of nitrogens with one attached hydrogen (secondary N) is 2. The Morgan fingerprint density at radius 1 is 1.26 bits per heavy atom. The van der Waals surface area contributed by atoms with E-state index in [0.717, 1.165) is 28.3 Å². The van der Waals surface area contributed by atoms with Crippen molar-refractivity contribution >= 4 is 34.4 Å². The van der Waals surface area contributed by atoms with Gasteiger partial charge in [0.2, 0.25) is 5.91 Å². The molecule has 1 amide bonds. The van der Waals surface area contributed by atoms with E-state index in [0.29, 0.717) is 5.75 Å². The smallest absolute Gasteiger partial charge is 0.234 e. The molecular formula is C18H19N3OS. The third-order valence-electron chi connectivity index (χ3n) is 3.57. The molecule has 0 spiro atoms. The van der Waals surface area contributed by atoms with E-state index in [1.54, 1.807) is 0 Å². The van der Waals surface area contributed by atoms with Crippen LogP contribution in [0.3, 0.4) is 0 Å². The molecule has 5 heteroatoms. The number of aromatic amines is 1. The summed E-state index contributed by atoms with van der Waals surface area (Å²) in [7, 11) is 0. The monoisotopic (exact) mass is 325 g/mol. The Morgan fingerprint density at radius 3 is 2.96 bits per heavy atom. The first-order valence-corrected chi connectivity index (χ1v) is 8.60. The second-order valence-corrected chi connectivity index (χ2v) is 6.42. The van der Waals surface area contributed by atoms with Crippen LogP contribution >= 0.6 is 11.8 Å². The normalized spacial score (nSPS) is 10.9. The van der Waals surface area contributed by atoms with Crippen molar-refractivity contribution in [3.8, 4) is 0 Å². The summed E-state index contributed by atoms with van der Waals surface area (Å²) in [5.74, 6) is 0.301. The number of H-pyrrole nitrogens is 1. The largest absolute Gasteiger partial charge is 0.333 e. The first kappa shape index (κ1) is 15.6. The highest BCUT2D eigenvalue weighted by Crippen LogP contribution is 2.20. The van der Waals surface area contributed by atoms with Crippen molar-refractivity contribution < 1.29 is 4.79 Å². The van der Waals surface area contributed by atoms with Crippen LogP contribution < -0.4 is 5.32 Å². The Labute approximate surface area is 139 Å². The van der Waals surface area contributed by atoms with Crippen molar-refractivity contribution in [1.29, 1.82) is 0 Å². The van der Waals surface area contributed by atoms with Crippen LogP contribution in [0.25, 0.3) is 11.0 Å². The summed E-state index contributed by atoms with van der Waals surface area (Å²) in [6.07, 6.45) is 0.955. The lowest BCUT2D eigenvalue weighted by Gasteiger charge is -2.05. The molecule has 2 aromatic carbocycles. The minimum atomic E-state index is -0.0279. The van der Waals surface area contributed by atoms with Crippen LogP contribution in [0.5, 0.6) is 0 Å². The summed E-state index contributed by atoms with van der Waals surface area (Å²) in [6, 6.07) is 14.0. The van der Waals surface area contributed by atoms with Crippen LogP contribution in [-0.4, -0.2) is 21.6 Å². The van der Waals surface area contributed by atoms with Gasteiger partial charge in [-0.3, -0.25) is 4.79 Å². The minimum Gasteiger partial charge on any atom is -0.333 e. The van der Waals surface area contributed by atoms with Gasteiger partial charge in [0.25, 0.3) is 0 Å². The lowest BCUT2D eigenvalue weighted by Crippen LogP contribution is -2.14. The molecule has 0 aliphatic rings. The number of nitrogens with zero attached hydrogens (tertiary/aromatic N) is 1. The maximum absolute atomic E-state index is 12.1. The van der Waals surface area contributed by atoms with Crippen molar-refractivity contribution in [2.24, 2.45) is 0 Å². The highest BCUT2D eigenvalue weighted by Gasteiger charge is 2.08. The molecule has 0 atom stereocenters. The molecular weight excluding hydrogens is 306 g/mol. The maximum Gasteiger partial charge on any atom is 0.234 e. The van der Waals surface area contributed by atoms with Gasteiger partial charge in [-0.15, -0.1) is 0 Å². The topological polar surface area (TPSA) is 57.8 Å². The zero-order chi connectivity index (χ0) is 16.2. The van der Waals surface area contributed by atoms with Gasteiger partial charge in [-0.05, 0) is 48.7 Å². The van der Waals surface area contributed by atoms with Gasteiger partial charge in [0.1, 0.15) is 0 Å². The number of aromatic nitrogens is 2. The molecule has 0 saturated carbocycles. The first-order chi connectivity index (χ1) is 11.1. The average Bonchev–Trinajstić information content (AvgIpc) is 2.95. The molecule has 3 aromatic rings. The molecule has 23 heavy (non-hydrogen) atoms. The Bertz CT molecular complexity index is 841. The number of carbonyl (C=O) groups excluding carboxylic acids is 1. The number of benzene rings is 2. The molecule has 0 aliphatic heterocycles. The lowest BCUT2D eigenvalue weighted by molar-refractivity contribution is -0.113. The standard InChI is InChI=1S/C18H19N3OS/c1-3-13-5-4-6-14(10-13)19-17(22)11-23-18-20-15-8-7-12(2)9-16(15)21-18/h4-10H,3,11H2,1-2H3,(H,19,22)(H,20,21). The number of hydrogen-bond donors (Lipinski definition) is 2. The summed E-state index contributed by atoms with van der Waals surface area (Å²) < 4.78 is 0. The average molecular weight is 325 g/mol. The molecule has 0 aliphatic carbocycles. The molecule has 3 rings (SSSR count). The predicted octanol–water partition coefficient (Wildman–Crippen LogP) is 4.16. The van der Waals surface area contributed by atoms with Gasteiger partial charge in [-0.25, -0.2) is 4.98 Å². The third kappa shape index (κ3) is 3.93. The number of amides is 1. The molecule has 4 nitrogen and oxygen atoms in total. The van der Waals surface area contributed by atoms with Crippen LogP contribution in [0.2, 0.25) is 0 Å². The van der Waals surface area contributed by atoms with Crippen LogP contribution in [0.1, 0.15) is 18.1 Å². The minimum absolute atomic E-state index is 0.0279. The Balaban J connectivity index is 1.61. The van der Waals surface area contributed by atoms with Gasteiger partial charge in [0, 0.05) is 5.69 Å². The fourth-order valence-electron chi connectivity index (χ4n) is 2.37. The third-order valence-corrected chi connectivity index (χ3v) is 4.45. The summed E-state index contributed by atoms with van der Waals surface area (Å²) in [5.41, 5.74) is 5.17. The summed E-state index contributed by atoms with van der Waals surface area (Å²) in [4.78, 5) is 19.8. The number of carbonyl (C=O) groups is 1. The molecule has 2 N–H and O–H groups in total. The number of fused-ring (bicyclic) bond motifs is 1. The van der Waals surface area contributed by atoms with E-state index in [9.17, 15) is 4.79 Å². The van der Waals surface area contributed by atoms with E-state index in [2.05, 4.69) is 34.3 Å². The van der Waals surface area contributed by atoms with Crippen LogP contribution in [0, 0.1) is 6.92 Å². The van der Waals surface area contributed by atoms with E-state index >= 15 is 0 Å². The second-order valence-electron chi connectivity index (χ2n) is 5.45. The van der Waals surface area contributed by atoms with Crippen molar-refractivity contribution in [1.82, 2.24) is 9.97 Å². The van der Waals surface area contributed by atoms with Crippen molar-refractivity contribution in [3.63, 3.8) is 0 Å². The first-order valence-electron chi connectivity index (χ1n) is 7.62. The Hall–Kier alpha value is -2.27. The zero-order valence-electron chi connectivity index (χ0n) is 13.2. The SMILES string of the molecule is CCc1cccc(NC(=O)CSc2nc3ccc(C)cc3[nH]2)c1. The number of rotatable bonds is 5. The van der Waals surface area contributed by atoms with Crippen molar-refractivity contribution in [2.75, 3.05) is 11.1 Å². The molecule has 0 radical (unpaired) electrons. The van der Waals surface area contributed by atoms with Gasteiger partial charge in [0.15, 0.2) is 5.16 Å². The predicted molar refractivity (Wildman–Crippen MR) is 96.0 cm³/mol. The number of imidazole rings is 1. The molecule has 0 saturated heterocycles. The van der Waals surface area contributed by atoms with E-state index in [4.69, 9.17) is 0 Å². The van der Waals surface area contributed by atoms with Gasteiger partial charge < -0.3 is 10.3 Å². The molecule has 1 heterocycles. The number of aryl methyl sites for hydroxylation is 2. The van der Waals surface area contributed by atoms with Gasteiger partial charge >= 0.3 is 0 Å². The second kappa shape index (κ2) is 6.87. The number of thioether (sulfide) groups is 1. The highest BCUT2D eigenvalue weighted by atomic mass is 32.2. The summed E-state index contributed by atoms with van der Waals surface area (Å²) >= 11 is 1.41. The van der Waals surface area contributed by atoms with E-state index in [-0.39, 0.29) is 5.91 Å². The molecule has 0 unspecified atom stereocenters.